The Hall–Kier alpha value is -1.50. The van der Waals surface area contributed by atoms with Crippen molar-refractivity contribution in [2.24, 2.45) is 5.92 Å². The molecule has 0 spiro atoms. The minimum Gasteiger partial charge on any atom is -0.378 e. The van der Waals surface area contributed by atoms with Crippen LogP contribution in [0.2, 0.25) is 0 Å². The normalized spacial score (nSPS) is 15.1. The molecule has 0 saturated carbocycles. The summed E-state index contributed by atoms with van der Waals surface area (Å²) < 4.78 is 1.24. The van der Waals surface area contributed by atoms with Crippen LogP contribution in [0.3, 0.4) is 0 Å². The van der Waals surface area contributed by atoms with Gasteiger partial charge in [-0.15, -0.1) is 27.8 Å². The molecule has 0 atom stereocenters. The molecule has 1 saturated heterocycles. The second kappa shape index (κ2) is 5.95. The van der Waals surface area contributed by atoms with Gasteiger partial charge >= 0.3 is 0 Å². The molecule has 0 radical (unpaired) electrons. The maximum atomic E-state index is 4.37. The number of nitrogens with one attached hydrogen (secondary N) is 2. The van der Waals surface area contributed by atoms with Crippen LogP contribution in [0.1, 0.15) is 15.3 Å². The first kappa shape index (κ1) is 14.1. The fourth-order valence-corrected chi connectivity index (χ4v) is 4.71. The molecule has 0 unspecified atom stereocenters. The van der Waals surface area contributed by atoms with E-state index in [9.17, 15) is 0 Å². The largest absolute Gasteiger partial charge is 0.378 e. The first-order valence-electron chi connectivity index (χ1n) is 7.52. The molecule has 22 heavy (non-hydrogen) atoms. The second-order valence-corrected chi connectivity index (χ2v) is 7.88. The Balaban J connectivity index is 1.62. The van der Waals surface area contributed by atoms with Crippen LogP contribution in [0.5, 0.6) is 0 Å². The van der Waals surface area contributed by atoms with Gasteiger partial charge in [-0.1, -0.05) is 6.07 Å². The number of hydrogen-bond donors (Lipinski definition) is 2. The highest BCUT2D eigenvalue weighted by Gasteiger charge is 2.21. The Morgan fingerprint density at radius 2 is 2.32 bits per heavy atom. The molecular formula is C16H18N4S2. The summed E-state index contributed by atoms with van der Waals surface area (Å²) in [6.07, 6.45) is 3.00. The summed E-state index contributed by atoms with van der Waals surface area (Å²) in [6.45, 7) is 5.31. The van der Waals surface area contributed by atoms with Crippen LogP contribution < -0.4 is 10.6 Å². The number of aryl methyl sites for hydroxylation is 1. The van der Waals surface area contributed by atoms with Crippen LogP contribution in [-0.4, -0.2) is 23.3 Å². The van der Waals surface area contributed by atoms with Gasteiger partial charge in [0.1, 0.15) is 5.52 Å². The first-order valence-corrected chi connectivity index (χ1v) is 9.21. The standard InChI is InChI=1S/C16H18N4S2/c1-10-14(5-11-6-17-7-11)22-16-13(9-19-20-15(10)16)18-8-12-3-2-4-21-12/h2-4,9,11,17H,5-8H2,1H3,(H,18,20). The molecule has 4 rings (SSSR count). The van der Waals surface area contributed by atoms with Crippen molar-refractivity contribution in [2.45, 2.75) is 19.9 Å². The van der Waals surface area contributed by atoms with Gasteiger partial charge in [0.25, 0.3) is 0 Å². The Kier molecular flexibility index (Phi) is 3.82. The van der Waals surface area contributed by atoms with E-state index in [1.807, 2.05) is 17.5 Å². The monoisotopic (exact) mass is 330 g/mol. The minimum absolute atomic E-state index is 0.780. The number of fused-ring (bicyclic) bond motifs is 1. The van der Waals surface area contributed by atoms with Crippen LogP contribution >= 0.6 is 22.7 Å². The summed E-state index contributed by atoms with van der Waals surface area (Å²) in [5.74, 6) is 0.780. The first-order chi connectivity index (χ1) is 10.8. The van der Waals surface area contributed by atoms with E-state index in [0.717, 1.165) is 43.2 Å². The Bertz CT molecular complexity index is 775. The van der Waals surface area contributed by atoms with E-state index in [2.05, 4.69) is 45.3 Å². The van der Waals surface area contributed by atoms with E-state index in [0.29, 0.717) is 0 Å². The lowest BCUT2D eigenvalue weighted by Crippen LogP contribution is -2.42. The third-order valence-corrected chi connectivity index (χ3v) is 6.39. The highest BCUT2D eigenvalue weighted by Crippen LogP contribution is 2.35. The molecule has 0 aromatic carbocycles. The molecule has 1 aliphatic rings. The zero-order valence-electron chi connectivity index (χ0n) is 12.4. The number of anilines is 1. The number of hydrogen-bond acceptors (Lipinski definition) is 6. The molecule has 0 bridgehead atoms. The van der Waals surface area contributed by atoms with Crippen molar-refractivity contribution in [1.29, 1.82) is 0 Å². The third kappa shape index (κ3) is 2.62. The molecule has 0 amide bonds. The van der Waals surface area contributed by atoms with Gasteiger partial charge in [-0.3, -0.25) is 0 Å². The van der Waals surface area contributed by atoms with Crippen LogP contribution in [-0.2, 0) is 13.0 Å². The summed E-state index contributed by atoms with van der Waals surface area (Å²) in [5.41, 5.74) is 3.46. The molecule has 3 aromatic rings. The van der Waals surface area contributed by atoms with E-state index in [4.69, 9.17) is 0 Å². The Morgan fingerprint density at radius 3 is 3.05 bits per heavy atom. The molecule has 4 nitrogen and oxygen atoms in total. The molecular weight excluding hydrogens is 312 g/mol. The van der Waals surface area contributed by atoms with E-state index in [-0.39, 0.29) is 0 Å². The van der Waals surface area contributed by atoms with Gasteiger partial charge in [0.15, 0.2) is 0 Å². The van der Waals surface area contributed by atoms with Crippen molar-refractivity contribution in [2.75, 3.05) is 18.4 Å². The highest BCUT2D eigenvalue weighted by atomic mass is 32.1. The third-order valence-electron chi connectivity index (χ3n) is 4.18. The Labute approximate surface area is 137 Å². The lowest BCUT2D eigenvalue weighted by atomic mass is 9.97. The molecule has 2 N–H and O–H groups in total. The lowest BCUT2D eigenvalue weighted by Gasteiger charge is -2.26. The van der Waals surface area contributed by atoms with Gasteiger partial charge in [0, 0.05) is 16.3 Å². The van der Waals surface area contributed by atoms with Gasteiger partial charge in [-0.25, -0.2) is 0 Å². The molecule has 0 aliphatic carbocycles. The van der Waals surface area contributed by atoms with Gasteiger partial charge in [-0.2, -0.15) is 5.10 Å². The maximum absolute atomic E-state index is 4.37. The highest BCUT2D eigenvalue weighted by molar-refractivity contribution is 7.19. The van der Waals surface area contributed by atoms with Crippen molar-refractivity contribution in [3.05, 3.63) is 39.0 Å². The molecule has 4 heterocycles. The van der Waals surface area contributed by atoms with E-state index < -0.39 is 0 Å². The molecule has 6 heteroatoms. The Morgan fingerprint density at radius 1 is 1.41 bits per heavy atom. The zero-order valence-corrected chi connectivity index (χ0v) is 14.1. The van der Waals surface area contributed by atoms with Gasteiger partial charge < -0.3 is 10.6 Å². The van der Waals surface area contributed by atoms with Crippen molar-refractivity contribution < 1.29 is 0 Å². The summed E-state index contributed by atoms with van der Waals surface area (Å²) in [5, 5.41) is 17.5. The quantitative estimate of drug-likeness (QED) is 0.752. The summed E-state index contributed by atoms with van der Waals surface area (Å²) in [4.78, 5) is 2.79. The van der Waals surface area contributed by atoms with E-state index in [1.54, 1.807) is 11.3 Å². The summed E-state index contributed by atoms with van der Waals surface area (Å²) >= 11 is 3.65. The zero-order chi connectivity index (χ0) is 14.9. The van der Waals surface area contributed by atoms with Crippen LogP contribution in [0, 0.1) is 12.8 Å². The fourth-order valence-electron chi connectivity index (χ4n) is 2.73. The van der Waals surface area contributed by atoms with Gasteiger partial charge in [0.2, 0.25) is 0 Å². The maximum Gasteiger partial charge on any atom is 0.109 e. The smallest absolute Gasteiger partial charge is 0.109 e. The summed E-state index contributed by atoms with van der Waals surface area (Å²) in [6, 6.07) is 4.24. The molecule has 1 fully saturated rings. The number of aromatic nitrogens is 2. The SMILES string of the molecule is Cc1c(CC2CNC2)sc2c(NCc3cccs3)cnnc12. The number of thiophene rings is 2. The van der Waals surface area contributed by atoms with Crippen molar-refractivity contribution >= 4 is 38.6 Å². The lowest BCUT2D eigenvalue weighted by molar-refractivity contribution is 0.348. The second-order valence-electron chi connectivity index (χ2n) is 5.75. The molecule has 114 valence electrons. The van der Waals surface area contributed by atoms with Crippen LogP contribution in [0.25, 0.3) is 10.2 Å². The van der Waals surface area contributed by atoms with Crippen molar-refractivity contribution in [3.8, 4) is 0 Å². The average Bonchev–Trinajstić information content (AvgIpc) is 3.10. The van der Waals surface area contributed by atoms with E-state index in [1.165, 1.54) is 20.0 Å². The van der Waals surface area contributed by atoms with Crippen LogP contribution in [0.15, 0.2) is 23.7 Å². The van der Waals surface area contributed by atoms with Gasteiger partial charge in [-0.05, 0) is 49.4 Å². The van der Waals surface area contributed by atoms with Crippen LogP contribution in [0.4, 0.5) is 5.69 Å². The van der Waals surface area contributed by atoms with E-state index >= 15 is 0 Å². The average molecular weight is 330 g/mol. The number of nitrogens with zero attached hydrogens (tertiary/aromatic N) is 2. The summed E-state index contributed by atoms with van der Waals surface area (Å²) in [7, 11) is 0. The topological polar surface area (TPSA) is 49.8 Å². The number of rotatable bonds is 5. The predicted molar refractivity (Wildman–Crippen MR) is 93.9 cm³/mol. The molecule has 1 aliphatic heterocycles. The molecule has 3 aromatic heterocycles. The minimum atomic E-state index is 0.780. The fraction of sp³-hybridized carbons (Fsp3) is 0.375. The van der Waals surface area contributed by atoms with Crippen molar-refractivity contribution in [1.82, 2.24) is 15.5 Å². The predicted octanol–water partition coefficient (Wildman–Crippen LogP) is 3.44. The van der Waals surface area contributed by atoms with Gasteiger partial charge in [0.05, 0.1) is 16.6 Å². The van der Waals surface area contributed by atoms with Crippen molar-refractivity contribution in [3.63, 3.8) is 0 Å².